The molecule has 0 saturated carbocycles. The zero-order valence-electron chi connectivity index (χ0n) is 36.8. The van der Waals surface area contributed by atoms with Gasteiger partial charge < -0.3 is 4.42 Å². The quantitative estimate of drug-likeness (QED) is 0.167. The summed E-state index contributed by atoms with van der Waals surface area (Å²) < 4.78 is 6.49. The topological polar surface area (TPSA) is 51.8 Å². The average Bonchev–Trinajstić information content (AvgIpc) is 4.05. The van der Waals surface area contributed by atoms with E-state index in [1.54, 1.807) is 0 Å². The van der Waals surface area contributed by atoms with E-state index in [1.165, 1.54) is 61.2 Å². The largest absolute Gasteiger partial charge is 0.456 e. The predicted octanol–water partition coefficient (Wildman–Crippen LogP) is 16.1. The van der Waals surface area contributed by atoms with E-state index in [9.17, 15) is 0 Å². The molecular formula is C64H39N3O. The van der Waals surface area contributed by atoms with Crippen molar-refractivity contribution in [3.63, 3.8) is 0 Å². The molecule has 2 aliphatic carbocycles. The molecule has 0 bridgehead atoms. The minimum absolute atomic E-state index is 0.375. The van der Waals surface area contributed by atoms with E-state index in [0.717, 1.165) is 55.3 Å². The number of nitrogens with zero attached hydrogens (tertiary/aromatic N) is 3. The molecule has 0 N–H and O–H groups in total. The van der Waals surface area contributed by atoms with Crippen molar-refractivity contribution in [2.24, 2.45) is 0 Å². The van der Waals surface area contributed by atoms with Crippen LogP contribution >= 0.6 is 0 Å². The molecule has 2 aliphatic rings. The van der Waals surface area contributed by atoms with E-state index in [0.29, 0.717) is 17.5 Å². The van der Waals surface area contributed by atoms with Gasteiger partial charge in [-0.2, -0.15) is 0 Å². The SMILES string of the molecule is c1ccc(-c2nc(-c3ccccc3)nc(-c3cccc4oc5ccc(-c6ccc(-c7cccc(-c8ccc9c(c8)C8(c%10ccccc%10-c%10ccccc%108)c8ccccc8-9)c7)cc6)cc5c34)n2)cc1. The second-order valence-electron chi connectivity index (χ2n) is 17.8. The summed E-state index contributed by atoms with van der Waals surface area (Å²) in [5.41, 5.74) is 21.6. The van der Waals surface area contributed by atoms with E-state index in [2.05, 4.69) is 164 Å². The highest BCUT2D eigenvalue weighted by Crippen LogP contribution is 2.63. The Balaban J connectivity index is 0.825. The van der Waals surface area contributed by atoms with Gasteiger partial charge in [0.1, 0.15) is 11.2 Å². The number of aromatic nitrogens is 3. The summed E-state index contributed by atoms with van der Waals surface area (Å²) in [7, 11) is 0. The lowest BCUT2D eigenvalue weighted by Crippen LogP contribution is -2.25. The first-order chi connectivity index (χ1) is 33.7. The van der Waals surface area contributed by atoms with E-state index < -0.39 is 0 Å². The Kier molecular flexibility index (Phi) is 8.46. The number of hydrogen-bond donors (Lipinski definition) is 0. The van der Waals surface area contributed by atoms with Gasteiger partial charge in [0, 0.05) is 27.5 Å². The molecule has 0 aliphatic heterocycles. The Morgan fingerprint density at radius 1 is 0.265 bits per heavy atom. The highest BCUT2D eigenvalue weighted by Gasteiger charge is 2.51. The normalized spacial score (nSPS) is 12.8. The Hall–Kier alpha value is -8.99. The Labute approximate surface area is 393 Å². The van der Waals surface area contributed by atoms with Crippen molar-refractivity contribution < 1.29 is 4.42 Å². The van der Waals surface area contributed by atoms with Crippen molar-refractivity contribution in [3.8, 4) is 89.8 Å². The molecule has 0 atom stereocenters. The third kappa shape index (κ3) is 5.77. The summed E-state index contributed by atoms with van der Waals surface area (Å²) in [4.78, 5) is 15.1. The maximum Gasteiger partial charge on any atom is 0.164 e. The van der Waals surface area contributed by atoms with Gasteiger partial charge in [0.25, 0.3) is 0 Å². The lowest BCUT2D eigenvalue weighted by molar-refractivity contribution is 0.669. The zero-order valence-corrected chi connectivity index (χ0v) is 36.8. The standard InChI is InChI=1S/C64H39N3O/c1-3-15-42(16-4-1)61-65-62(43-17-5-2-6-18-43)67-63(66-61)52-24-14-28-59-60(52)53-38-46(34-36-58(53)68-59)41-31-29-40(30-32-41)44-19-13-20-45(37-44)47-33-35-51-50-23-9-12-27-56(50)64(57(51)39-47)54-25-10-7-21-48(54)49-22-8-11-26-55(49)64/h1-39H. The van der Waals surface area contributed by atoms with Crippen LogP contribution in [-0.2, 0) is 5.41 Å². The van der Waals surface area contributed by atoms with Crippen molar-refractivity contribution in [2.45, 2.75) is 5.41 Å². The fourth-order valence-electron chi connectivity index (χ4n) is 11.1. The molecule has 0 saturated heterocycles. The molecule has 2 heterocycles. The molecule has 68 heavy (non-hydrogen) atoms. The summed E-state index contributed by atoms with van der Waals surface area (Å²) >= 11 is 0. The van der Waals surface area contributed by atoms with Gasteiger partial charge in [0.05, 0.1) is 5.41 Å². The lowest BCUT2D eigenvalue weighted by Gasteiger charge is -2.30. The number of furan rings is 1. The minimum atomic E-state index is -0.375. The van der Waals surface area contributed by atoms with Crippen LogP contribution in [-0.4, -0.2) is 15.0 Å². The molecule has 0 radical (unpaired) electrons. The fourth-order valence-corrected chi connectivity index (χ4v) is 11.1. The highest BCUT2D eigenvalue weighted by atomic mass is 16.3. The van der Waals surface area contributed by atoms with Gasteiger partial charge >= 0.3 is 0 Å². The first-order valence-electron chi connectivity index (χ1n) is 23.2. The number of benzene rings is 10. The zero-order chi connectivity index (χ0) is 44.8. The van der Waals surface area contributed by atoms with Crippen molar-refractivity contribution >= 4 is 21.9 Å². The second kappa shape index (κ2) is 15.0. The van der Waals surface area contributed by atoms with E-state index in [1.807, 2.05) is 72.8 Å². The van der Waals surface area contributed by atoms with Gasteiger partial charge in [-0.25, -0.2) is 15.0 Å². The molecule has 1 spiro atoms. The van der Waals surface area contributed by atoms with Crippen LogP contribution < -0.4 is 0 Å². The molecule has 316 valence electrons. The minimum Gasteiger partial charge on any atom is -0.456 e. The molecule has 4 heteroatoms. The molecule has 0 amide bonds. The highest BCUT2D eigenvalue weighted by molar-refractivity contribution is 6.13. The van der Waals surface area contributed by atoms with Crippen LogP contribution in [0.2, 0.25) is 0 Å². The Bertz CT molecular complexity index is 3840. The van der Waals surface area contributed by atoms with Crippen molar-refractivity contribution in [1.82, 2.24) is 15.0 Å². The molecule has 12 aromatic rings. The Morgan fingerprint density at radius 3 is 1.29 bits per heavy atom. The first-order valence-corrected chi connectivity index (χ1v) is 23.2. The van der Waals surface area contributed by atoms with Crippen LogP contribution in [0.15, 0.2) is 241 Å². The average molecular weight is 866 g/mol. The van der Waals surface area contributed by atoms with Crippen LogP contribution in [0.25, 0.3) is 112 Å². The van der Waals surface area contributed by atoms with Gasteiger partial charge in [-0.15, -0.1) is 0 Å². The van der Waals surface area contributed by atoms with Crippen molar-refractivity contribution in [1.29, 1.82) is 0 Å². The van der Waals surface area contributed by atoms with Crippen molar-refractivity contribution in [2.75, 3.05) is 0 Å². The van der Waals surface area contributed by atoms with Gasteiger partial charge in [-0.05, 0) is 108 Å². The first kappa shape index (κ1) is 38.3. The number of hydrogen-bond acceptors (Lipinski definition) is 4. The summed E-state index contributed by atoms with van der Waals surface area (Å²) in [5, 5.41) is 1.99. The predicted molar refractivity (Wildman–Crippen MR) is 276 cm³/mol. The van der Waals surface area contributed by atoms with Gasteiger partial charge in [0.2, 0.25) is 0 Å². The third-order valence-corrected chi connectivity index (χ3v) is 14.2. The van der Waals surface area contributed by atoms with E-state index in [-0.39, 0.29) is 5.41 Å². The van der Waals surface area contributed by atoms with Crippen LogP contribution in [0.5, 0.6) is 0 Å². The Morgan fingerprint density at radius 2 is 0.691 bits per heavy atom. The molecule has 10 aromatic carbocycles. The van der Waals surface area contributed by atoms with Crippen LogP contribution in [0.1, 0.15) is 22.3 Å². The number of rotatable bonds is 6. The summed E-state index contributed by atoms with van der Waals surface area (Å²) in [6, 6.07) is 84.7. The van der Waals surface area contributed by atoms with Crippen LogP contribution in [0, 0.1) is 0 Å². The van der Waals surface area contributed by atoms with Gasteiger partial charge in [0.15, 0.2) is 17.5 Å². The van der Waals surface area contributed by atoms with Crippen LogP contribution in [0.4, 0.5) is 0 Å². The summed E-state index contributed by atoms with van der Waals surface area (Å²) in [6.07, 6.45) is 0. The summed E-state index contributed by atoms with van der Waals surface area (Å²) in [6.45, 7) is 0. The second-order valence-corrected chi connectivity index (χ2v) is 17.8. The van der Waals surface area contributed by atoms with Gasteiger partial charge in [-0.3, -0.25) is 0 Å². The maximum absolute atomic E-state index is 6.49. The maximum atomic E-state index is 6.49. The van der Waals surface area contributed by atoms with E-state index in [4.69, 9.17) is 19.4 Å². The molecule has 2 aromatic heterocycles. The van der Waals surface area contributed by atoms with E-state index >= 15 is 0 Å². The van der Waals surface area contributed by atoms with Crippen molar-refractivity contribution in [3.05, 3.63) is 259 Å². The van der Waals surface area contributed by atoms with Crippen LogP contribution in [0.3, 0.4) is 0 Å². The number of fused-ring (bicyclic) bond motifs is 13. The lowest BCUT2D eigenvalue weighted by atomic mass is 9.70. The fraction of sp³-hybridized carbons (Fsp3) is 0.0156. The molecular weight excluding hydrogens is 827 g/mol. The molecule has 0 unspecified atom stereocenters. The van der Waals surface area contributed by atoms with Gasteiger partial charge in [-0.1, -0.05) is 206 Å². The molecule has 4 nitrogen and oxygen atoms in total. The monoisotopic (exact) mass is 865 g/mol. The smallest absolute Gasteiger partial charge is 0.164 e. The molecule has 14 rings (SSSR count). The third-order valence-electron chi connectivity index (χ3n) is 14.2. The molecule has 0 fully saturated rings. The summed E-state index contributed by atoms with van der Waals surface area (Å²) in [5.74, 6) is 1.85.